The quantitative estimate of drug-likeness (QED) is 0.269. The second-order valence-electron chi connectivity index (χ2n) is 6.42. The number of benzene rings is 3. The Morgan fingerprint density at radius 1 is 0.931 bits per heavy atom. The number of fused-ring (bicyclic) bond motifs is 1. The number of phenolic OH excluding ortho intramolecular Hbond substituents is 2. The van der Waals surface area contributed by atoms with Gasteiger partial charge in [0.15, 0.2) is 5.78 Å². The highest BCUT2D eigenvalue weighted by Crippen LogP contribution is 2.41. The van der Waals surface area contributed by atoms with Gasteiger partial charge in [-0.3, -0.25) is 4.79 Å². The van der Waals surface area contributed by atoms with Crippen LogP contribution in [0, 0.1) is 0 Å². The van der Waals surface area contributed by atoms with Gasteiger partial charge in [-0.1, -0.05) is 15.9 Å². The first-order valence-electron chi connectivity index (χ1n) is 8.95. The fourth-order valence-electron chi connectivity index (χ4n) is 3.13. The number of thiophene rings is 1. The van der Waals surface area contributed by atoms with Gasteiger partial charge in [0.2, 0.25) is 0 Å². The first-order valence-corrected chi connectivity index (χ1v) is 10.9. The molecule has 0 bridgehead atoms. The van der Waals surface area contributed by atoms with Crippen LogP contribution in [0.25, 0.3) is 20.5 Å². The first-order chi connectivity index (χ1) is 14.1. The van der Waals surface area contributed by atoms with Gasteiger partial charge in [0.25, 0.3) is 0 Å². The van der Waals surface area contributed by atoms with Crippen molar-refractivity contribution in [3.8, 4) is 27.7 Å². The maximum atomic E-state index is 13.4. The molecule has 0 aliphatic heterocycles. The maximum absolute atomic E-state index is 13.4. The highest BCUT2D eigenvalue weighted by atomic mass is 79.9. The molecule has 1 heterocycles. The van der Waals surface area contributed by atoms with E-state index in [9.17, 15) is 15.0 Å². The molecule has 4 rings (SSSR count). The number of phenols is 2. The van der Waals surface area contributed by atoms with Crippen LogP contribution in [0.15, 0.2) is 66.7 Å². The monoisotopic (exact) mass is 468 g/mol. The Balaban J connectivity index is 1.81. The maximum Gasteiger partial charge on any atom is 0.195 e. The average molecular weight is 469 g/mol. The van der Waals surface area contributed by atoms with Crippen LogP contribution < -0.4 is 4.74 Å². The summed E-state index contributed by atoms with van der Waals surface area (Å²) < 4.78 is 6.39. The number of halogens is 1. The molecule has 146 valence electrons. The fraction of sp³-hybridized carbons (Fsp3) is 0.0870. The SMILES string of the molecule is O=C(c1ccc(OCCBr)cc1)c1c(-c2ccc(O)cc2)sc2cc(O)ccc12. The number of ether oxygens (including phenoxy) is 1. The molecule has 4 nitrogen and oxygen atoms in total. The minimum Gasteiger partial charge on any atom is -0.508 e. The molecule has 0 aliphatic carbocycles. The summed E-state index contributed by atoms with van der Waals surface area (Å²) in [6.07, 6.45) is 0. The van der Waals surface area contributed by atoms with E-state index >= 15 is 0 Å². The van der Waals surface area contributed by atoms with Crippen LogP contribution in [0.3, 0.4) is 0 Å². The van der Waals surface area contributed by atoms with Gasteiger partial charge in [-0.2, -0.15) is 0 Å². The van der Waals surface area contributed by atoms with Crippen LogP contribution in [-0.2, 0) is 0 Å². The van der Waals surface area contributed by atoms with Crippen molar-refractivity contribution in [2.75, 3.05) is 11.9 Å². The minimum atomic E-state index is -0.0999. The second kappa shape index (κ2) is 8.27. The van der Waals surface area contributed by atoms with Crippen molar-refractivity contribution >= 4 is 43.1 Å². The van der Waals surface area contributed by atoms with Gasteiger partial charge in [0, 0.05) is 31.4 Å². The summed E-state index contributed by atoms with van der Waals surface area (Å²) >= 11 is 4.76. The van der Waals surface area contributed by atoms with Crippen molar-refractivity contribution in [3.05, 3.63) is 77.9 Å². The Hall–Kier alpha value is -2.83. The molecule has 0 saturated carbocycles. The van der Waals surface area contributed by atoms with E-state index in [2.05, 4.69) is 15.9 Å². The summed E-state index contributed by atoms with van der Waals surface area (Å²) in [4.78, 5) is 14.2. The van der Waals surface area contributed by atoms with Crippen molar-refractivity contribution in [1.29, 1.82) is 0 Å². The van der Waals surface area contributed by atoms with Crippen LogP contribution in [0.4, 0.5) is 0 Å². The largest absolute Gasteiger partial charge is 0.508 e. The molecule has 0 spiro atoms. The molecule has 0 aliphatic rings. The van der Waals surface area contributed by atoms with Gasteiger partial charge in [0.05, 0.1) is 6.61 Å². The zero-order chi connectivity index (χ0) is 20.4. The summed E-state index contributed by atoms with van der Waals surface area (Å²) in [7, 11) is 0. The lowest BCUT2D eigenvalue weighted by molar-refractivity contribution is 0.104. The van der Waals surface area contributed by atoms with Crippen LogP contribution in [0.5, 0.6) is 17.2 Å². The molecule has 0 fully saturated rings. The Bertz CT molecular complexity index is 1160. The Morgan fingerprint density at radius 2 is 1.62 bits per heavy atom. The normalized spacial score (nSPS) is 10.9. The Labute approximate surface area is 180 Å². The van der Waals surface area contributed by atoms with E-state index < -0.39 is 0 Å². The highest BCUT2D eigenvalue weighted by Gasteiger charge is 2.22. The molecule has 2 N–H and O–H groups in total. The Kier molecular flexibility index (Phi) is 5.56. The average Bonchev–Trinajstić information content (AvgIpc) is 3.11. The number of rotatable bonds is 6. The summed E-state index contributed by atoms with van der Waals surface area (Å²) in [5.74, 6) is 0.930. The van der Waals surface area contributed by atoms with Gasteiger partial charge in [0.1, 0.15) is 17.2 Å². The van der Waals surface area contributed by atoms with Gasteiger partial charge in [-0.05, 0) is 72.3 Å². The van der Waals surface area contributed by atoms with Gasteiger partial charge in [-0.25, -0.2) is 0 Å². The predicted molar refractivity (Wildman–Crippen MR) is 120 cm³/mol. The third kappa shape index (κ3) is 3.99. The van der Waals surface area contributed by atoms with Crippen LogP contribution >= 0.6 is 27.3 Å². The molecule has 6 heteroatoms. The third-order valence-electron chi connectivity index (χ3n) is 4.49. The summed E-state index contributed by atoms with van der Waals surface area (Å²) in [6.45, 7) is 0.553. The molecule has 0 amide bonds. The lowest BCUT2D eigenvalue weighted by atomic mass is 9.97. The van der Waals surface area contributed by atoms with E-state index in [0.717, 1.165) is 25.9 Å². The molecule has 29 heavy (non-hydrogen) atoms. The number of carbonyl (C=O) groups is 1. The van der Waals surface area contributed by atoms with Crippen LogP contribution in [0.1, 0.15) is 15.9 Å². The molecule has 0 saturated heterocycles. The smallest absolute Gasteiger partial charge is 0.195 e. The fourth-order valence-corrected chi connectivity index (χ4v) is 4.53. The number of alkyl halides is 1. The van der Waals surface area contributed by atoms with Crippen molar-refractivity contribution in [3.63, 3.8) is 0 Å². The predicted octanol–water partition coefficient (Wildman–Crippen LogP) is 5.98. The summed E-state index contributed by atoms with van der Waals surface area (Å²) in [5.41, 5.74) is 1.98. The number of hydrogen-bond acceptors (Lipinski definition) is 5. The van der Waals surface area contributed by atoms with Crippen molar-refractivity contribution in [2.45, 2.75) is 0 Å². The van der Waals surface area contributed by atoms with Gasteiger partial charge in [-0.15, -0.1) is 11.3 Å². The molecule has 0 unspecified atom stereocenters. The first kappa shape index (κ1) is 19.5. The molecule has 0 radical (unpaired) electrons. The number of carbonyl (C=O) groups excluding carboxylic acids is 1. The van der Waals surface area contributed by atoms with E-state index in [0.29, 0.717) is 23.5 Å². The minimum absolute atomic E-state index is 0.0999. The van der Waals surface area contributed by atoms with Gasteiger partial charge < -0.3 is 14.9 Å². The van der Waals surface area contributed by atoms with Crippen LogP contribution in [0.2, 0.25) is 0 Å². The zero-order valence-corrected chi connectivity index (χ0v) is 17.7. The number of ketones is 1. The lowest BCUT2D eigenvalue weighted by Crippen LogP contribution is -2.03. The molecule has 1 aromatic heterocycles. The summed E-state index contributed by atoms with van der Waals surface area (Å²) in [5, 5.41) is 21.0. The molecule has 0 atom stereocenters. The van der Waals surface area contributed by atoms with E-state index in [-0.39, 0.29) is 17.3 Å². The Morgan fingerprint density at radius 3 is 2.31 bits per heavy atom. The molecule has 3 aromatic carbocycles. The van der Waals surface area contributed by atoms with Crippen molar-refractivity contribution in [2.24, 2.45) is 0 Å². The second-order valence-corrected chi connectivity index (χ2v) is 8.27. The van der Waals surface area contributed by atoms with E-state index in [4.69, 9.17) is 4.74 Å². The zero-order valence-electron chi connectivity index (χ0n) is 15.3. The van der Waals surface area contributed by atoms with E-state index in [1.807, 2.05) is 0 Å². The van der Waals surface area contributed by atoms with Gasteiger partial charge >= 0.3 is 0 Å². The standard InChI is InChI=1S/C23H17BrO4S/c24-11-12-28-18-8-3-14(4-9-18)22(27)21-19-10-7-17(26)13-20(19)29-23(21)15-1-5-16(25)6-2-15/h1-10,13,25-26H,11-12H2. The molecular formula is C23H17BrO4S. The van der Waals surface area contributed by atoms with E-state index in [1.54, 1.807) is 66.7 Å². The summed E-state index contributed by atoms with van der Waals surface area (Å²) in [6, 6.07) is 18.9. The topological polar surface area (TPSA) is 66.8 Å². The van der Waals surface area contributed by atoms with Crippen molar-refractivity contribution < 1.29 is 19.7 Å². The van der Waals surface area contributed by atoms with Crippen LogP contribution in [-0.4, -0.2) is 27.9 Å². The third-order valence-corrected chi connectivity index (χ3v) is 6.02. The molecular weight excluding hydrogens is 452 g/mol. The number of hydrogen-bond donors (Lipinski definition) is 2. The number of aromatic hydroxyl groups is 2. The van der Waals surface area contributed by atoms with Crippen molar-refractivity contribution in [1.82, 2.24) is 0 Å². The molecule has 4 aromatic rings. The highest BCUT2D eigenvalue weighted by molar-refractivity contribution is 9.09. The lowest BCUT2D eigenvalue weighted by Gasteiger charge is -2.07. The van der Waals surface area contributed by atoms with E-state index in [1.165, 1.54) is 11.3 Å².